The second-order valence-electron chi connectivity index (χ2n) is 4.58. The highest BCUT2D eigenvalue weighted by molar-refractivity contribution is 7.89. The Hall–Kier alpha value is -1.27. The van der Waals surface area contributed by atoms with Crippen LogP contribution in [0, 0.1) is 0 Å². The minimum Gasteiger partial charge on any atom is -0.376 e. The second kappa shape index (κ2) is 6.23. The van der Waals surface area contributed by atoms with E-state index in [1.54, 1.807) is 30.3 Å². The van der Waals surface area contributed by atoms with E-state index in [1.807, 2.05) is 6.92 Å². The fraction of sp³-hybridized carbons (Fsp3) is 0.143. The first kappa shape index (κ1) is 16.1. The number of primary sulfonamides is 1. The van der Waals surface area contributed by atoms with E-state index in [2.05, 4.69) is 5.32 Å². The summed E-state index contributed by atoms with van der Waals surface area (Å²) in [7, 11) is -3.68. The molecule has 0 amide bonds. The van der Waals surface area contributed by atoms with Crippen molar-refractivity contribution < 1.29 is 8.42 Å². The fourth-order valence-corrected chi connectivity index (χ4v) is 2.90. The Morgan fingerprint density at radius 2 is 1.57 bits per heavy atom. The molecule has 2 aromatic rings. The van der Waals surface area contributed by atoms with Gasteiger partial charge in [-0.1, -0.05) is 41.4 Å². The van der Waals surface area contributed by atoms with Gasteiger partial charge in [-0.3, -0.25) is 0 Å². The Morgan fingerprint density at radius 1 is 1.05 bits per heavy atom. The highest BCUT2D eigenvalue weighted by atomic mass is 35.5. The van der Waals surface area contributed by atoms with Gasteiger partial charge in [-0.2, -0.15) is 0 Å². The zero-order chi connectivity index (χ0) is 15.6. The van der Waals surface area contributed by atoms with Crippen LogP contribution in [-0.4, -0.2) is 8.42 Å². The van der Waals surface area contributed by atoms with E-state index in [1.165, 1.54) is 12.1 Å². The van der Waals surface area contributed by atoms with Gasteiger partial charge in [0.05, 0.1) is 20.6 Å². The molecule has 0 bridgehead atoms. The molecule has 0 aliphatic rings. The van der Waals surface area contributed by atoms with Crippen molar-refractivity contribution in [2.24, 2.45) is 5.14 Å². The van der Waals surface area contributed by atoms with Gasteiger partial charge in [-0.05, 0) is 36.8 Å². The molecule has 2 aromatic carbocycles. The molecular weight excluding hydrogens is 331 g/mol. The maximum Gasteiger partial charge on any atom is 0.238 e. The van der Waals surface area contributed by atoms with E-state index in [0.29, 0.717) is 15.7 Å². The van der Waals surface area contributed by atoms with Gasteiger partial charge in [0.15, 0.2) is 0 Å². The van der Waals surface area contributed by atoms with Gasteiger partial charge in [0.25, 0.3) is 0 Å². The van der Waals surface area contributed by atoms with Crippen molar-refractivity contribution in [2.75, 3.05) is 5.32 Å². The lowest BCUT2D eigenvalue weighted by molar-refractivity contribution is 0.597. The summed E-state index contributed by atoms with van der Waals surface area (Å²) in [6.45, 7) is 1.92. The number of anilines is 1. The van der Waals surface area contributed by atoms with Gasteiger partial charge >= 0.3 is 0 Å². The highest BCUT2D eigenvalue weighted by Gasteiger charge is 2.12. The molecule has 0 heterocycles. The number of nitrogens with one attached hydrogen (secondary N) is 1. The predicted molar refractivity (Wildman–Crippen MR) is 86.3 cm³/mol. The summed E-state index contributed by atoms with van der Waals surface area (Å²) in [4.78, 5) is 0.0780. The molecular formula is C14H14Cl2N2O2S. The van der Waals surface area contributed by atoms with Crippen LogP contribution in [-0.2, 0) is 10.0 Å². The van der Waals surface area contributed by atoms with E-state index in [0.717, 1.165) is 5.56 Å². The molecule has 112 valence electrons. The van der Waals surface area contributed by atoms with Crippen molar-refractivity contribution in [3.8, 4) is 0 Å². The van der Waals surface area contributed by atoms with Crippen LogP contribution < -0.4 is 10.5 Å². The minimum absolute atomic E-state index is 0.0780. The number of halogens is 2. The van der Waals surface area contributed by atoms with E-state index in [4.69, 9.17) is 28.3 Å². The summed E-state index contributed by atoms with van der Waals surface area (Å²) in [6.07, 6.45) is 0. The summed E-state index contributed by atoms with van der Waals surface area (Å²) >= 11 is 12.2. The van der Waals surface area contributed by atoms with Crippen molar-refractivity contribution in [2.45, 2.75) is 17.9 Å². The van der Waals surface area contributed by atoms with Gasteiger partial charge in [-0.25, -0.2) is 13.6 Å². The van der Waals surface area contributed by atoms with Gasteiger partial charge in [-0.15, -0.1) is 0 Å². The lowest BCUT2D eigenvalue weighted by Crippen LogP contribution is -2.13. The Kier molecular flexibility index (Phi) is 4.78. The average Bonchev–Trinajstić information content (AvgIpc) is 2.42. The van der Waals surface area contributed by atoms with Crippen molar-refractivity contribution in [1.82, 2.24) is 0 Å². The third-order valence-corrected chi connectivity index (χ3v) is 4.59. The van der Waals surface area contributed by atoms with Crippen molar-refractivity contribution in [3.05, 3.63) is 58.1 Å². The molecule has 0 saturated carbocycles. The van der Waals surface area contributed by atoms with Crippen molar-refractivity contribution >= 4 is 38.9 Å². The van der Waals surface area contributed by atoms with E-state index in [9.17, 15) is 8.42 Å². The standard InChI is InChI=1S/C14H14Cl2N2O2S/c1-9(18-14-12(15)3-2-4-13(14)16)10-5-7-11(8-6-10)21(17,19)20/h2-9,18H,1H3,(H2,17,19,20). The minimum atomic E-state index is -3.68. The van der Waals surface area contributed by atoms with Crippen LogP contribution in [0.3, 0.4) is 0 Å². The van der Waals surface area contributed by atoms with Gasteiger partial charge < -0.3 is 5.32 Å². The Balaban J connectivity index is 2.23. The summed E-state index contributed by atoms with van der Waals surface area (Å²) in [5, 5.41) is 9.32. The van der Waals surface area contributed by atoms with Crippen LogP contribution in [0.15, 0.2) is 47.4 Å². The molecule has 0 spiro atoms. The topological polar surface area (TPSA) is 72.2 Å². The third kappa shape index (κ3) is 3.89. The molecule has 0 fully saturated rings. The summed E-state index contributed by atoms with van der Waals surface area (Å²) < 4.78 is 22.4. The van der Waals surface area contributed by atoms with Gasteiger partial charge in [0, 0.05) is 6.04 Å². The monoisotopic (exact) mass is 344 g/mol. The second-order valence-corrected chi connectivity index (χ2v) is 6.95. The number of hydrogen-bond donors (Lipinski definition) is 2. The molecule has 1 unspecified atom stereocenters. The Labute approximate surface area is 133 Å². The largest absolute Gasteiger partial charge is 0.376 e. The molecule has 0 aliphatic carbocycles. The summed E-state index contributed by atoms with van der Waals surface area (Å²) in [6, 6.07) is 11.5. The van der Waals surface area contributed by atoms with E-state index < -0.39 is 10.0 Å². The maximum absolute atomic E-state index is 11.2. The molecule has 7 heteroatoms. The van der Waals surface area contributed by atoms with Crippen LogP contribution in [0.5, 0.6) is 0 Å². The van der Waals surface area contributed by atoms with E-state index in [-0.39, 0.29) is 10.9 Å². The number of benzene rings is 2. The van der Waals surface area contributed by atoms with Crippen molar-refractivity contribution in [3.63, 3.8) is 0 Å². The molecule has 21 heavy (non-hydrogen) atoms. The molecule has 0 aromatic heterocycles. The normalized spacial score (nSPS) is 13.0. The smallest absolute Gasteiger partial charge is 0.238 e. The van der Waals surface area contributed by atoms with Gasteiger partial charge in [0.1, 0.15) is 0 Å². The lowest BCUT2D eigenvalue weighted by atomic mass is 10.1. The average molecular weight is 345 g/mol. The molecule has 0 aliphatic heterocycles. The lowest BCUT2D eigenvalue weighted by Gasteiger charge is -2.18. The molecule has 0 radical (unpaired) electrons. The zero-order valence-corrected chi connectivity index (χ0v) is 13.5. The van der Waals surface area contributed by atoms with Crippen LogP contribution in [0.4, 0.5) is 5.69 Å². The first-order valence-electron chi connectivity index (χ1n) is 6.12. The third-order valence-electron chi connectivity index (χ3n) is 3.03. The van der Waals surface area contributed by atoms with Crippen LogP contribution >= 0.6 is 23.2 Å². The van der Waals surface area contributed by atoms with Crippen LogP contribution in [0.25, 0.3) is 0 Å². The molecule has 1 atom stereocenters. The number of hydrogen-bond acceptors (Lipinski definition) is 3. The van der Waals surface area contributed by atoms with Gasteiger partial charge in [0.2, 0.25) is 10.0 Å². The SMILES string of the molecule is CC(Nc1c(Cl)cccc1Cl)c1ccc(S(N)(=O)=O)cc1. The fourth-order valence-electron chi connectivity index (χ4n) is 1.88. The maximum atomic E-state index is 11.2. The molecule has 0 saturated heterocycles. The zero-order valence-electron chi connectivity index (χ0n) is 11.2. The number of nitrogens with two attached hydrogens (primary N) is 1. The van der Waals surface area contributed by atoms with Crippen LogP contribution in [0.2, 0.25) is 10.0 Å². The van der Waals surface area contributed by atoms with Crippen LogP contribution in [0.1, 0.15) is 18.5 Å². The molecule has 2 rings (SSSR count). The number of para-hydroxylation sites is 1. The van der Waals surface area contributed by atoms with E-state index >= 15 is 0 Å². The first-order valence-corrected chi connectivity index (χ1v) is 8.42. The summed E-state index contributed by atoms with van der Waals surface area (Å²) in [5.74, 6) is 0. The highest BCUT2D eigenvalue weighted by Crippen LogP contribution is 2.32. The molecule has 3 N–H and O–H groups in total. The quantitative estimate of drug-likeness (QED) is 0.885. The predicted octanol–water partition coefficient (Wildman–Crippen LogP) is 3.81. The molecule has 4 nitrogen and oxygen atoms in total. The summed E-state index contributed by atoms with van der Waals surface area (Å²) in [5.41, 5.74) is 1.53. The Morgan fingerprint density at radius 3 is 2.05 bits per heavy atom. The van der Waals surface area contributed by atoms with Crippen molar-refractivity contribution in [1.29, 1.82) is 0 Å². The number of sulfonamides is 1. The Bertz CT molecular complexity index is 726. The number of rotatable bonds is 4. The first-order chi connectivity index (χ1) is 9.79.